The lowest BCUT2D eigenvalue weighted by Crippen LogP contribution is -2.56. The Hall–Kier alpha value is -2.16. The van der Waals surface area contributed by atoms with Gasteiger partial charge in [-0.05, 0) is 64.1 Å². The summed E-state index contributed by atoms with van der Waals surface area (Å²) in [6.45, 7) is 2.77. The smallest absolute Gasteiger partial charge is 0.321 e. The van der Waals surface area contributed by atoms with Crippen molar-refractivity contribution in [2.45, 2.75) is 62.1 Å². The van der Waals surface area contributed by atoms with Crippen molar-refractivity contribution >= 4 is 11.9 Å². The number of aliphatic hydroxyl groups excluding tert-OH is 1. The fourth-order valence-corrected chi connectivity index (χ4v) is 6.83. The molecule has 0 aromatic heterocycles. The van der Waals surface area contributed by atoms with Crippen molar-refractivity contribution in [2.75, 3.05) is 60.0 Å². The molecule has 2 saturated heterocycles. The van der Waals surface area contributed by atoms with Gasteiger partial charge in [0.2, 0.25) is 5.91 Å². The van der Waals surface area contributed by atoms with Crippen molar-refractivity contribution in [1.82, 2.24) is 19.6 Å². The molecule has 0 radical (unpaired) electrons. The van der Waals surface area contributed by atoms with Gasteiger partial charge >= 0.3 is 6.03 Å². The van der Waals surface area contributed by atoms with Crippen LogP contribution in [0.15, 0.2) is 30.3 Å². The van der Waals surface area contributed by atoms with E-state index < -0.39 is 0 Å². The SMILES string of the molecule is CN(C)C1(c2ccccc2)CCC2(CC1)CN(CC(=O)N1CCOC(CO)C1)C(=O)N2CC1CCC1. The van der Waals surface area contributed by atoms with Crippen LogP contribution in [0, 0.1) is 5.92 Å². The molecule has 8 heteroatoms. The summed E-state index contributed by atoms with van der Waals surface area (Å²) in [5, 5.41) is 9.46. The van der Waals surface area contributed by atoms with Crippen LogP contribution >= 0.6 is 0 Å². The molecule has 2 heterocycles. The molecule has 1 aromatic carbocycles. The first-order valence-electron chi connectivity index (χ1n) is 13.7. The fourth-order valence-electron chi connectivity index (χ4n) is 6.83. The minimum Gasteiger partial charge on any atom is -0.394 e. The lowest BCUT2D eigenvalue weighted by atomic mass is 9.68. The predicted molar refractivity (Wildman–Crippen MR) is 137 cm³/mol. The van der Waals surface area contributed by atoms with E-state index in [1.165, 1.54) is 24.8 Å². The summed E-state index contributed by atoms with van der Waals surface area (Å²) in [5.41, 5.74) is 1.10. The Morgan fingerprint density at radius 1 is 1.14 bits per heavy atom. The van der Waals surface area contributed by atoms with Crippen LogP contribution in [0.4, 0.5) is 4.79 Å². The maximum Gasteiger partial charge on any atom is 0.321 e. The fraction of sp³-hybridized carbons (Fsp3) is 0.714. The van der Waals surface area contributed by atoms with Crippen molar-refractivity contribution in [2.24, 2.45) is 5.92 Å². The van der Waals surface area contributed by atoms with Crippen LogP contribution in [0.2, 0.25) is 0 Å². The summed E-state index contributed by atoms with van der Waals surface area (Å²) in [4.78, 5) is 35.0. The number of morpholine rings is 1. The van der Waals surface area contributed by atoms with Crippen LogP contribution in [0.25, 0.3) is 0 Å². The summed E-state index contributed by atoms with van der Waals surface area (Å²) < 4.78 is 5.51. The normalized spacial score (nSPS) is 31.4. The Labute approximate surface area is 215 Å². The standard InChI is InChI=1S/C28H42N4O4/c1-29(2)28(23-9-4-3-5-10-23)13-11-27(12-14-28)21-31(26(35)32(27)17-22-7-6-8-22)19-25(34)30-15-16-36-24(18-30)20-33/h3-5,9-10,22,24,33H,6-8,11-21H2,1-2H3. The maximum atomic E-state index is 13.8. The molecule has 1 aromatic rings. The van der Waals surface area contributed by atoms with Gasteiger partial charge in [0.05, 0.1) is 24.9 Å². The molecular weight excluding hydrogens is 456 g/mol. The van der Waals surface area contributed by atoms with Crippen LogP contribution in [0.5, 0.6) is 0 Å². The summed E-state index contributed by atoms with van der Waals surface area (Å²) in [5.74, 6) is 0.536. The van der Waals surface area contributed by atoms with Crippen LogP contribution in [-0.4, -0.2) is 108 Å². The zero-order valence-electron chi connectivity index (χ0n) is 21.9. The molecule has 8 nitrogen and oxygen atoms in total. The number of carbonyl (C=O) groups excluding carboxylic acids is 2. The van der Waals surface area contributed by atoms with E-state index in [4.69, 9.17) is 4.74 Å². The monoisotopic (exact) mass is 498 g/mol. The average Bonchev–Trinajstić information content (AvgIpc) is 3.12. The highest BCUT2D eigenvalue weighted by molar-refractivity contribution is 5.86. The van der Waals surface area contributed by atoms with Crippen molar-refractivity contribution in [1.29, 1.82) is 0 Å². The lowest BCUT2D eigenvalue weighted by Gasteiger charge is -2.51. The van der Waals surface area contributed by atoms with Gasteiger partial charge in [0, 0.05) is 31.7 Å². The number of ether oxygens (including phenoxy) is 1. The molecule has 1 unspecified atom stereocenters. The van der Waals surface area contributed by atoms with Crippen LogP contribution in [0.3, 0.4) is 0 Å². The van der Waals surface area contributed by atoms with Gasteiger partial charge in [-0.3, -0.25) is 9.69 Å². The quantitative estimate of drug-likeness (QED) is 0.625. The van der Waals surface area contributed by atoms with E-state index in [0.29, 0.717) is 32.2 Å². The third-order valence-corrected chi connectivity index (χ3v) is 9.42. The molecule has 3 amide bonds. The highest BCUT2D eigenvalue weighted by Crippen LogP contribution is 2.49. The first kappa shape index (κ1) is 25.5. The first-order valence-corrected chi connectivity index (χ1v) is 13.7. The maximum absolute atomic E-state index is 13.8. The molecule has 1 N–H and O–H groups in total. The molecule has 198 valence electrons. The third-order valence-electron chi connectivity index (χ3n) is 9.42. The number of benzene rings is 1. The molecule has 1 spiro atoms. The average molecular weight is 499 g/mol. The molecule has 2 aliphatic carbocycles. The Kier molecular flexibility index (Phi) is 7.30. The van der Waals surface area contributed by atoms with Gasteiger partial charge < -0.3 is 24.5 Å². The number of carbonyl (C=O) groups is 2. The number of hydrogen-bond donors (Lipinski definition) is 1. The zero-order valence-corrected chi connectivity index (χ0v) is 21.9. The Bertz CT molecular complexity index is 927. The van der Waals surface area contributed by atoms with Gasteiger partial charge in [-0.15, -0.1) is 0 Å². The molecule has 5 rings (SSSR count). The molecule has 36 heavy (non-hydrogen) atoms. The van der Waals surface area contributed by atoms with E-state index in [1.807, 2.05) is 0 Å². The second-order valence-corrected chi connectivity index (χ2v) is 11.6. The van der Waals surface area contributed by atoms with Crippen LogP contribution in [-0.2, 0) is 15.1 Å². The van der Waals surface area contributed by atoms with Crippen LogP contribution < -0.4 is 0 Å². The van der Waals surface area contributed by atoms with Gasteiger partial charge in [-0.25, -0.2) is 4.79 Å². The molecule has 4 fully saturated rings. The molecule has 2 saturated carbocycles. The number of amides is 3. The van der Waals surface area contributed by atoms with Crippen molar-refractivity contribution < 1.29 is 19.4 Å². The van der Waals surface area contributed by atoms with Gasteiger partial charge in [0.25, 0.3) is 0 Å². The summed E-state index contributed by atoms with van der Waals surface area (Å²) in [7, 11) is 4.34. The number of rotatable bonds is 7. The molecule has 4 aliphatic rings. The summed E-state index contributed by atoms with van der Waals surface area (Å²) >= 11 is 0. The van der Waals surface area contributed by atoms with E-state index in [9.17, 15) is 14.7 Å². The zero-order chi connectivity index (χ0) is 25.3. The highest BCUT2D eigenvalue weighted by atomic mass is 16.5. The Morgan fingerprint density at radius 2 is 1.86 bits per heavy atom. The summed E-state index contributed by atoms with van der Waals surface area (Å²) in [6, 6.07) is 10.8. The van der Waals surface area contributed by atoms with Gasteiger partial charge in [-0.2, -0.15) is 0 Å². The van der Waals surface area contributed by atoms with Crippen molar-refractivity contribution in [3.63, 3.8) is 0 Å². The number of urea groups is 1. The van der Waals surface area contributed by atoms with Crippen molar-refractivity contribution in [3.05, 3.63) is 35.9 Å². The highest BCUT2D eigenvalue weighted by Gasteiger charge is 2.55. The largest absolute Gasteiger partial charge is 0.394 e. The summed E-state index contributed by atoms with van der Waals surface area (Å²) in [6.07, 6.45) is 7.16. The minimum atomic E-state index is -0.339. The lowest BCUT2D eigenvalue weighted by molar-refractivity contribution is -0.140. The second-order valence-electron chi connectivity index (χ2n) is 11.6. The first-order chi connectivity index (χ1) is 17.4. The Morgan fingerprint density at radius 3 is 2.47 bits per heavy atom. The molecule has 2 aliphatic heterocycles. The van der Waals surface area contributed by atoms with Gasteiger partial charge in [-0.1, -0.05) is 36.8 Å². The third kappa shape index (κ3) is 4.63. The van der Waals surface area contributed by atoms with Crippen LogP contribution in [0.1, 0.15) is 50.5 Å². The van der Waals surface area contributed by atoms with E-state index in [2.05, 4.69) is 54.2 Å². The van der Waals surface area contributed by atoms with E-state index in [-0.39, 0.29) is 42.3 Å². The minimum absolute atomic E-state index is 0.0271. The molecular formula is C28H42N4O4. The van der Waals surface area contributed by atoms with Gasteiger partial charge in [0.15, 0.2) is 0 Å². The van der Waals surface area contributed by atoms with E-state index >= 15 is 0 Å². The number of nitrogens with zero attached hydrogens (tertiary/aromatic N) is 4. The molecule has 0 bridgehead atoms. The predicted octanol–water partition coefficient (Wildman–Crippen LogP) is 2.51. The number of aliphatic hydroxyl groups is 1. The number of hydrogen-bond acceptors (Lipinski definition) is 5. The topological polar surface area (TPSA) is 76.6 Å². The van der Waals surface area contributed by atoms with E-state index in [0.717, 1.165) is 32.2 Å². The van der Waals surface area contributed by atoms with Crippen molar-refractivity contribution in [3.8, 4) is 0 Å². The Balaban J connectivity index is 1.33. The van der Waals surface area contributed by atoms with Gasteiger partial charge in [0.1, 0.15) is 6.54 Å². The second kappa shape index (κ2) is 10.3. The van der Waals surface area contributed by atoms with E-state index in [1.54, 1.807) is 9.80 Å². The molecule has 1 atom stereocenters.